The van der Waals surface area contributed by atoms with Gasteiger partial charge in [0.25, 0.3) is 0 Å². The Balaban J connectivity index is 3.25. The molecule has 1 aromatic rings. The van der Waals surface area contributed by atoms with Crippen LogP contribution in [0, 0.1) is 35.0 Å². The number of nitrogens with two attached hydrogens (primary N) is 1. The van der Waals surface area contributed by atoms with E-state index >= 15 is 0 Å². The molecule has 0 aliphatic carbocycles. The van der Waals surface area contributed by atoms with Crippen molar-refractivity contribution in [3.05, 3.63) is 34.6 Å². The van der Waals surface area contributed by atoms with E-state index < -0.39 is 47.1 Å². The van der Waals surface area contributed by atoms with Crippen molar-refractivity contribution in [2.75, 3.05) is 0 Å². The second-order valence-corrected chi connectivity index (χ2v) is 4.16. The van der Waals surface area contributed by atoms with E-state index in [4.69, 9.17) is 5.73 Å². The van der Waals surface area contributed by atoms with Crippen LogP contribution < -0.4 is 5.73 Å². The zero-order chi connectivity index (χ0) is 13.3. The Bertz CT molecular complexity index is 401. The molecule has 2 N–H and O–H groups in total. The van der Waals surface area contributed by atoms with Gasteiger partial charge >= 0.3 is 0 Å². The minimum Gasteiger partial charge on any atom is -0.327 e. The van der Waals surface area contributed by atoms with Gasteiger partial charge in [-0.05, 0) is 12.3 Å². The first kappa shape index (κ1) is 13.9. The largest absolute Gasteiger partial charge is 0.327 e. The van der Waals surface area contributed by atoms with Crippen LogP contribution in [-0.4, -0.2) is 6.04 Å². The van der Waals surface area contributed by atoms with Gasteiger partial charge in [-0.15, -0.1) is 0 Å². The summed E-state index contributed by atoms with van der Waals surface area (Å²) in [4.78, 5) is 0. The van der Waals surface area contributed by atoms with Gasteiger partial charge < -0.3 is 5.73 Å². The summed E-state index contributed by atoms with van der Waals surface area (Å²) in [5.74, 6) is -9.77. The van der Waals surface area contributed by atoms with Crippen molar-refractivity contribution < 1.29 is 22.0 Å². The molecule has 0 aromatic heterocycles. The fraction of sp³-hybridized carbons (Fsp3) is 0.455. The highest BCUT2D eigenvalue weighted by atomic mass is 19.2. The van der Waals surface area contributed by atoms with E-state index in [1.54, 1.807) is 13.8 Å². The Morgan fingerprint density at radius 1 is 0.824 bits per heavy atom. The van der Waals surface area contributed by atoms with Gasteiger partial charge in [-0.2, -0.15) is 0 Å². The van der Waals surface area contributed by atoms with Gasteiger partial charge in [0.05, 0.1) is 0 Å². The zero-order valence-corrected chi connectivity index (χ0v) is 9.33. The summed E-state index contributed by atoms with van der Waals surface area (Å²) in [6.45, 7) is 3.38. The van der Waals surface area contributed by atoms with Crippen LogP contribution in [-0.2, 0) is 6.42 Å². The van der Waals surface area contributed by atoms with Crippen molar-refractivity contribution in [1.82, 2.24) is 0 Å². The third-order valence-electron chi connectivity index (χ3n) is 2.60. The lowest BCUT2D eigenvalue weighted by Crippen LogP contribution is -2.30. The lowest BCUT2D eigenvalue weighted by Gasteiger charge is -2.16. The average molecular weight is 253 g/mol. The maximum atomic E-state index is 13.2. The second kappa shape index (κ2) is 5.00. The molecule has 0 aliphatic rings. The monoisotopic (exact) mass is 253 g/mol. The minimum atomic E-state index is -2.15. The molecule has 1 aromatic carbocycles. The maximum Gasteiger partial charge on any atom is 0.200 e. The van der Waals surface area contributed by atoms with Crippen LogP contribution in [0.2, 0.25) is 0 Å². The maximum absolute atomic E-state index is 13.2. The van der Waals surface area contributed by atoms with E-state index in [9.17, 15) is 22.0 Å². The summed E-state index contributed by atoms with van der Waals surface area (Å²) in [5.41, 5.74) is 4.69. The third kappa shape index (κ3) is 2.57. The van der Waals surface area contributed by atoms with Crippen molar-refractivity contribution in [2.45, 2.75) is 26.3 Å². The molecule has 0 bridgehead atoms. The molecule has 0 heterocycles. The van der Waals surface area contributed by atoms with Gasteiger partial charge in [0.2, 0.25) is 5.82 Å². The average Bonchev–Trinajstić information content (AvgIpc) is 2.29. The molecule has 96 valence electrons. The normalized spacial score (nSPS) is 13.2. The fourth-order valence-corrected chi connectivity index (χ4v) is 1.30. The lowest BCUT2D eigenvalue weighted by atomic mass is 9.96. The quantitative estimate of drug-likeness (QED) is 0.500. The molecular formula is C11H12F5N. The van der Waals surface area contributed by atoms with E-state index in [1.165, 1.54) is 0 Å². The predicted molar refractivity (Wildman–Crippen MR) is 52.7 cm³/mol. The number of hydrogen-bond donors (Lipinski definition) is 1. The summed E-state index contributed by atoms with van der Waals surface area (Å²) in [6.07, 6.45) is -0.399. The summed E-state index contributed by atoms with van der Waals surface area (Å²) >= 11 is 0. The summed E-state index contributed by atoms with van der Waals surface area (Å²) < 4.78 is 64.9. The lowest BCUT2D eigenvalue weighted by molar-refractivity contribution is 0.363. The van der Waals surface area contributed by atoms with Crippen molar-refractivity contribution in [3.8, 4) is 0 Å². The van der Waals surface area contributed by atoms with Crippen LogP contribution in [0.15, 0.2) is 0 Å². The van der Waals surface area contributed by atoms with Gasteiger partial charge in [0.15, 0.2) is 23.3 Å². The highest BCUT2D eigenvalue weighted by Crippen LogP contribution is 2.24. The van der Waals surface area contributed by atoms with E-state index in [1.807, 2.05) is 0 Å². The standard InChI is InChI=1S/C11H12F5N/c1-4(2)6(17)3-5-7(12)9(14)11(16)10(15)8(5)13/h4,6H,3,17H2,1-2H3. The van der Waals surface area contributed by atoms with Crippen LogP contribution in [0.3, 0.4) is 0 Å². The predicted octanol–water partition coefficient (Wildman–Crippen LogP) is 2.91. The molecule has 1 nitrogen and oxygen atoms in total. The Morgan fingerprint density at radius 3 is 1.53 bits per heavy atom. The Morgan fingerprint density at radius 2 is 1.18 bits per heavy atom. The van der Waals surface area contributed by atoms with Crippen LogP contribution in [0.25, 0.3) is 0 Å². The van der Waals surface area contributed by atoms with Gasteiger partial charge in [-0.25, -0.2) is 22.0 Å². The topological polar surface area (TPSA) is 26.0 Å². The molecule has 6 heteroatoms. The fourth-order valence-electron chi connectivity index (χ4n) is 1.30. The van der Waals surface area contributed by atoms with Crippen LogP contribution in [0.1, 0.15) is 19.4 Å². The second-order valence-electron chi connectivity index (χ2n) is 4.16. The molecule has 0 amide bonds. The van der Waals surface area contributed by atoms with E-state index in [-0.39, 0.29) is 5.92 Å². The molecule has 0 spiro atoms. The first-order valence-corrected chi connectivity index (χ1v) is 5.03. The SMILES string of the molecule is CC(C)C(N)Cc1c(F)c(F)c(F)c(F)c1F. The molecule has 0 saturated heterocycles. The number of hydrogen-bond acceptors (Lipinski definition) is 1. The highest BCUT2D eigenvalue weighted by Gasteiger charge is 2.26. The third-order valence-corrected chi connectivity index (χ3v) is 2.60. The summed E-state index contributed by atoms with van der Waals surface area (Å²) in [7, 11) is 0. The number of rotatable bonds is 3. The Labute approximate surface area is 95.4 Å². The molecule has 0 saturated carbocycles. The molecule has 0 aliphatic heterocycles. The van der Waals surface area contributed by atoms with Crippen molar-refractivity contribution in [2.24, 2.45) is 11.7 Å². The summed E-state index contributed by atoms with van der Waals surface area (Å²) in [5, 5.41) is 0. The van der Waals surface area contributed by atoms with Crippen molar-refractivity contribution in [3.63, 3.8) is 0 Å². The first-order valence-electron chi connectivity index (χ1n) is 5.03. The smallest absolute Gasteiger partial charge is 0.200 e. The number of benzene rings is 1. The van der Waals surface area contributed by atoms with E-state index in [0.717, 1.165) is 0 Å². The van der Waals surface area contributed by atoms with Gasteiger partial charge in [0.1, 0.15) is 0 Å². The first-order chi connectivity index (χ1) is 7.77. The van der Waals surface area contributed by atoms with Gasteiger partial charge in [-0.1, -0.05) is 13.8 Å². The Hall–Kier alpha value is -1.17. The molecule has 0 radical (unpaired) electrons. The van der Waals surface area contributed by atoms with Gasteiger partial charge in [0, 0.05) is 11.6 Å². The van der Waals surface area contributed by atoms with E-state index in [0.29, 0.717) is 0 Å². The molecule has 1 atom stereocenters. The highest BCUT2D eigenvalue weighted by molar-refractivity contribution is 5.25. The van der Waals surface area contributed by atoms with E-state index in [2.05, 4.69) is 0 Å². The molecule has 0 fully saturated rings. The minimum absolute atomic E-state index is 0.134. The van der Waals surface area contributed by atoms with Crippen LogP contribution >= 0.6 is 0 Å². The van der Waals surface area contributed by atoms with Crippen molar-refractivity contribution >= 4 is 0 Å². The number of halogens is 5. The molecule has 17 heavy (non-hydrogen) atoms. The Kier molecular flexibility index (Phi) is 4.08. The van der Waals surface area contributed by atoms with Gasteiger partial charge in [-0.3, -0.25) is 0 Å². The molecular weight excluding hydrogens is 241 g/mol. The van der Waals surface area contributed by atoms with Crippen LogP contribution in [0.5, 0.6) is 0 Å². The van der Waals surface area contributed by atoms with Crippen molar-refractivity contribution in [1.29, 1.82) is 0 Å². The van der Waals surface area contributed by atoms with Crippen LogP contribution in [0.4, 0.5) is 22.0 Å². The zero-order valence-electron chi connectivity index (χ0n) is 9.33. The molecule has 1 unspecified atom stereocenters. The molecule has 1 rings (SSSR count). The summed E-state index contributed by atoms with van der Waals surface area (Å²) in [6, 6.07) is -0.678.